The van der Waals surface area contributed by atoms with Gasteiger partial charge in [-0.25, -0.2) is 9.79 Å². The molecule has 200 valence electrons. The lowest BCUT2D eigenvalue weighted by molar-refractivity contribution is -0.139. The molecule has 0 unspecified atom stereocenters. The topological polar surface area (TPSA) is 86.7 Å². The van der Waals surface area contributed by atoms with E-state index in [2.05, 4.69) is 25.9 Å². The van der Waals surface area contributed by atoms with Gasteiger partial charge in [-0.2, -0.15) is 0 Å². The van der Waals surface area contributed by atoms with Crippen LogP contribution in [0.3, 0.4) is 0 Å². The molecule has 40 heavy (non-hydrogen) atoms. The summed E-state index contributed by atoms with van der Waals surface area (Å²) in [5, 5.41) is 1.74. The summed E-state index contributed by atoms with van der Waals surface area (Å²) in [6, 6.07) is 20.6. The smallest absolute Gasteiger partial charge is 0.338 e. The fourth-order valence-corrected chi connectivity index (χ4v) is 6.99. The maximum absolute atomic E-state index is 13.8. The van der Waals surface area contributed by atoms with E-state index in [-0.39, 0.29) is 12.2 Å². The number of rotatable bonds is 6. The van der Waals surface area contributed by atoms with E-state index < -0.39 is 12.0 Å². The first-order chi connectivity index (χ1) is 19.4. The van der Waals surface area contributed by atoms with E-state index in [0.29, 0.717) is 31.5 Å². The highest BCUT2D eigenvalue weighted by Crippen LogP contribution is 2.34. The second-order valence-corrected chi connectivity index (χ2v) is 11.9. The number of hydrogen-bond acceptors (Lipinski definition) is 8. The van der Waals surface area contributed by atoms with Gasteiger partial charge in [0.1, 0.15) is 5.76 Å². The number of fused-ring (bicyclic) bond motifs is 2. The van der Waals surface area contributed by atoms with Crippen molar-refractivity contribution in [2.75, 3.05) is 6.61 Å². The van der Waals surface area contributed by atoms with Crippen molar-refractivity contribution in [3.63, 3.8) is 0 Å². The Labute approximate surface area is 245 Å². The van der Waals surface area contributed by atoms with E-state index in [9.17, 15) is 9.59 Å². The molecule has 0 saturated heterocycles. The zero-order valence-corrected chi connectivity index (χ0v) is 24.7. The minimum absolute atomic E-state index is 0.221. The van der Waals surface area contributed by atoms with Crippen molar-refractivity contribution in [1.82, 2.24) is 9.55 Å². The summed E-state index contributed by atoms with van der Waals surface area (Å²) < 4.78 is 14.3. The molecule has 0 saturated carbocycles. The summed E-state index contributed by atoms with van der Waals surface area (Å²) in [7, 11) is 0. The predicted octanol–water partition coefficient (Wildman–Crippen LogP) is 5.85. The van der Waals surface area contributed by atoms with Crippen LogP contribution < -0.4 is 14.9 Å². The number of furan rings is 1. The maximum atomic E-state index is 13.8. The van der Waals surface area contributed by atoms with E-state index >= 15 is 0 Å². The van der Waals surface area contributed by atoms with Gasteiger partial charge in [0.15, 0.2) is 9.89 Å². The van der Waals surface area contributed by atoms with Crippen LogP contribution in [0.25, 0.3) is 17.0 Å². The van der Waals surface area contributed by atoms with Gasteiger partial charge >= 0.3 is 5.97 Å². The van der Waals surface area contributed by atoms with Gasteiger partial charge in [-0.15, -0.1) is 0 Å². The number of hydrogen-bond donors (Lipinski definition) is 0. The second kappa shape index (κ2) is 11.0. The summed E-state index contributed by atoms with van der Waals surface area (Å²) in [6.07, 6.45) is 3.49. The lowest BCUT2D eigenvalue weighted by Gasteiger charge is -2.24. The van der Waals surface area contributed by atoms with Crippen LogP contribution >= 0.6 is 39.0 Å². The summed E-state index contributed by atoms with van der Waals surface area (Å²) in [6.45, 7) is 3.75. The van der Waals surface area contributed by atoms with Crippen LogP contribution in [0.15, 0.2) is 113 Å². The molecule has 2 aromatic carbocycles. The minimum atomic E-state index is -0.670. The number of halogens is 1. The number of esters is 1. The van der Waals surface area contributed by atoms with E-state index in [1.807, 2.05) is 66.7 Å². The predicted molar refractivity (Wildman–Crippen MR) is 159 cm³/mol. The van der Waals surface area contributed by atoms with Crippen LogP contribution in [-0.4, -0.2) is 22.1 Å². The average Bonchev–Trinajstić information content (AvgIpc) is 3.51. The van der Waals surface area contributed by atoms with E-state index in [4.69, 9.17) is 9.15 Å². The Morgan fingerprint density at radius 3 is 2.83 bits per heavy atom. The highest BCUT2D eigenvalue weighted by Gasteiger charge is 2.33. The molecular formula is C30H22BrN3O4S2. The van der Waals surface area contributed by atoms with E-state index in [1.54, 1.807) is 30.7 Å². The van der Waals surface area contributed by atoms with Crippen molar-refractivity contribution in [1.29, 1.82) is 0 Å². The number of ether oxygens (including phenoxy) is 1. The molecule has 0 aliphatic carbocycles. The Hall–Kier alpha value is -3.73. The monoisotopic (exact) mass is 631 g/mol. The molecule has 0 N–H and O–H groups in total. The highest BCUT2D eigenvalue weighted by molar-refractivity contribution is 9.10. The zero-order chi connectivity index (χ0) is 27.8. The van der Waals surface area contributed by atoms with Gasteiger partial charge in [-0.1, -0.05) is 57.6 Å². The fourth-order valence-electron chi connectivity index (χ4n) is 4.65. The number of para-hydroxylation sites is 1. The van der Waals surface area contributed by atoms with Gasteiger partial charge in [0.05, 0.1) is 34.0 Å². The van der Waals surface area contributed by atoms with Crippen molar-refractivity contribution in [3.8, 4) is 0 Å². The standard InChI is InChI=1S/C30H22BrN3O4S2/c1-3-37-29(36)25-17(2)33-30-34(27(25)19-8-4-10-20(31)15-19)28(35)23(40-30)16-21-12-13-24(38-21)39-22-11-5-7-18-9-6-14-32-26(18)22/h4-16,27H,3H2,1-2H3/b23-16-/t27-/m0/s1. The first-order valence-corrected chi connectivity index (χ1v) is 14.9. The third-order valence-electron chi connectivity index (χ3n) is 6.36. The average molecular weight is 633 g/mol. The molecule has 4 heterocycles. The summed E-state index contributed by atoms with van der Waals surface area (Å²) in [5.74, 6) is 0.0555. The van der Waals surface area contributed by atoms with Gasteiger partial charge in [-0.05, 0) is 67.6 Å². The molecular weight excluding hydrogens is 610 g/mol. The molecule has 3 aromatic heterocycles. The van der Waals surface area contributed by atoms with Crippen LogP contribution in [0, 0.1) is 0 Å². The lowest BCUT2D eigenvalue weighted by Crippen LogP contribution is -2.39. The summed E-state index contributed by atoms with van der Waals surface area (Å²) in [4.78, 5) is 37.5. The van der Waals surface area contributed by atoms with Gasteiger partial charge in [0.25, 0.3) is 5.56 Å². The number of thiazole rings is 1. The molecule has 0 bridgehead atoms. The normalized spacial score (nSPS) is 15.3. The minimum Gasteiger partial charge on any atom is -0.463 e. The SMILES string of the molecule is CCOC(=O)C1=C(C)N=c2s/c(=C\c3ccc(Sc4cccc5cccnc45)o3)c(=O)n2[C@H]1c1cccc(Br)c1. The fraction of sp³-hybridized carbons (Fsp3) is 0.133. The van der Waals surface area contributed by atoms with Crippen molar-refractivity contribution < 1.29 is 13.9 Å². The molecule has 1 atom stereocenters. The molecule has 0 amide bonds. The first-order valence-electron chi connectivity index (χ1n) is 12.5. The van der Waals surface area contributed by atoms with Crippen molar-refractivity contribution >= 4 is 62.0 Å². The molecule has 1 aliphatic heterocycles. The number of pyridine rings is 1. The largest absolute Gasteiger partial charge is 0.463 e. The zero-order valence-electron chi connectivity index (χ0n) is 21.5. The molecule has 1 aliphatic rings. The Morgan fingerprint density at radius 2 is 2.00 bits per heavy atom. The number of nitrogens with zero attached hydrogens (tertiary/aromatic N) is 3. The third-order valence-corrected chi connectivity index (χ3v) is 8.81. The highest BCUT2D eigenvalue weighted by atomic mass is 79.9. The number of benzene rings is 2. The summed E-state index contributed by atoms with van der Waals surface area (Å²) in [5.41, 5.74) is 2.30. The Kier molecular flexibility index (Phi) is 7.31. The van der Waals surface area contributed by atoms with Gasteiger partial charge in [0, 0.05) is 27.0 Å². The van der Waals surface area contributed by atoms with Gasteiger partial charge in [-0.3, -0.25) is 14.3 Å². The van der Waals surface area contributed by atoms with Gasteiger partial charge in [0.2, 0.25) is 0 Å². The second-order valence-electron chi connectivity index (χ2n) is 8.95. The molecule has 0 spiro atoms. The third kappa shape index (κ3) is 4.98. The maximum Gasteiger partial charge on any atom is 0.338 e. The molecule has 0 radical (unpaired) electrons. The van der Waals surface area contributed by atoms with Crippen LogP contribution in [-0.2, 0) is 9.53 Å². The lowest BCUT2D eigenvalue weighted by atomic mass is 9.96. The molecule has 0 fully saturated rings. The Morgan fingerprint density at radius 1 is 1.18 bits per heavy atom. The Bertz CT molecular complexity index is 1980. The van der Waals surface area contributed by atoms with E-state index in [0.717, 1.165) is 25.8 Å². The number of allylic oxidation sites excluding steroid dienone is 1. The van der Waals surface area contributed by atoms with Gasteiger partial charge < -0.3 is 9.15 Å². The number of carbonyl (C=O) groups is 1. The molecule has 5 aromatic rings. The van der Waals surface area contributed by atoms with Crippen LogP contribution in [0.1, 0.15) is 31.2 Å². The van der Waals surface area contributed by atoms with Crippen molar-refractivity contribution in [3.05, 3.63) is 120 Å². The van der Waals surface area contributed by atoms with Crippen molar-refractivity contribution in [2.45, 2.75) is 29.9 Å². The molecule has 6 rings (SSSR count). The van der Waals surface area contributed by atoms with Crippen LogP contribution in [0.5, 0.6) is 0 Å². The number of aromatic nitrogens is 2. The van der Waals surface area contributed by atoms with Crippen molar-refractivity contribution in [2.24, 2.45) is 4.99 Å². The first kappa shape index (κ1) is 26.5. The van der Waals surface area contributed by atoms with Crippen LogP contribution in [0.2, 0.25) is 0 Å². The summed E-state index contributed by atoms with van der Waals surface area (Å²) >= 11 is 6.25. The van der Waals surface area contributed by atoms with E-state index in [1.165, 1.54) is 23.1 Å². The molecule has 10 heteroatoms. The molecule has 7 nitrogen and oxygen atoms in total. The number of carbonyl (C=O) groups excluding carboxylic acids is 1. The quantitative estimate of drug-likeness (QED) is 0.218. The van der Waals surface area contributed by atoms with Crippen LogP contribution in [0.4, 0.5) is 0 Å². The Balaban J connectivity index is 1.41.